The monoisotopic (exact) mass is 400 g/mol. The van der Waals surface area contributed by atoms with Gasteiger partial charge in [-0.05, 0) is 48.8 Å². The first-order valence-corrected chi connectivity index (χ1v) is 9.62. The molecule has 2 aliphatic rings. The van der Waals surface area contributed by atoms with Crippen LogP contribution in [0.1, 0.15) is 34.6 Å². The van der Waals surface area contributed by atoms with Gasteiger partial charge in [-0.15, -0.1) is 0 Å². The maximum absolute atomic E-state index is 12.9. The summed E-state index contributed by atoms with van der Waals surface area (Å²) in [6.07, 6.45) is 5.09. The van der Waals surface area contributed by atoms with Crippen LogP contribution in [0, 0.1) is 0 Å². The first-order valence-electron chi connectivity index (χ1n) is 9.62. The van der Waals surface area contributed by atoms with E-state index in [-0.39, 0.29) is 23.7 Å². The second-order valence-electron chi connectivity index (χ2n) is 7.36. The Morgan fingerprint density at radius 1 is 1.13 bits per heavy atom. The number of carbonyl (C=O) groups is 1. The average Bonchev–Trinajstić information content (AvgIpc) is 3.12. The number of ketones is 1. The van der Waals surface area contributed by atoms with Crippen LogP contribution >= 0.6 is 0 Å². The lowest BCUT2D eigenvalue weighted by atomic mass is 9.88. The maximum atomic E-state index is 12.9. The minimum Gasteiger partial charge on any atom is -0.507 e. The predicted molar refractivity (Wildman–Crippen MR) is 111 cm³/mol. The molecular weight excluding hydrogens is 380 g/mol. The highest BCUT2D eigenvalue weighted by Gasteiger charge is 2.33. The van der Waals surface area contributed by atoms with E-state index >= 15 is 0 Å². The lowest BCUT2D eigenvalue weighted by Crippen LogP contribution is -2.34. The third kappa shape index (κ3) is 3.23. The number of nitrogens with zero attached hydrogens (tertiary/aromatic N) is 1. The van der Waals surface area contributed by atoms with E-state index in [4.69, 9.17) is 9.59 Å². The Morgan fingerprint density at radius 2 is 1.83 bits per heavy atom. The number of aromatic nitrogens is 1. The van der Waals surface area contributed by atoms with Crippen LogP contribution in [-0.2, 0) is 16.0 Å². The van der Waals surface area contributed by atoms with E-state index < -0.39 is 0 Å². The maximum Gasteiger partial charge on any atom is 0.373 e. The van der Waals surface area contributed by atoms with Gasteiger partial charge in [0, 0.05) is 34.9 Å². The molecule has 30 heavy (non-hydrogen) atoms. The first kappa shape index (κ1) is 19.4. The number of H-pyrrole nitrogens is 1. The summed E-state index contributed by atoms with van der Waals surface area (Å²) in [6.45, 7) is 2.94. The molecule has 2 N–H and O–H groups in total. The summed E-state index contributed by atoms with van der Waals surface area (Å²) in [6, 6.07) is 15.3. The Hall–Kier alpha value is -3.89. The van der Waals surface area contributed by atoms with Gasteiger partial charge >= 0.3 is 6.15 Å². The van der Waals surface area contributed by atoms with E-state index in [1.807, 2.05) is 12.3 Å². The molecule has 6 nitrogen and oxygen atoms in total. The molecule has 0 spiro atoms. The number of para-hydroxylation sites is 2. The number of Topliss-reactive ketones (excluding diaryl/α,β-unsaturated/α-hetero) is 1. The SMILES string of the molecule is CC1=CC(C(=O)c2ccccc2O)=CN2CCc3c([nH]c4ccccc34)C12.O=C=O. The number of rotatable bonds is 2. The van der Waals surface area contributed by atoms with Gasteiger partial charge in [-0.2, -0.15) is 9.59 Å². The second-order valence-corrected chi connectivity index (χ2v) is 7.36. The number of carbonyl (C=O) groups excluding carboxylic acids is 3. The Morgan fingerprint density at radius 3 is 2.60 bits per heavy atom. The fourth-order valence-electron chi connectivity index (χ4n) is 4.37. The number of phenols is 1. The third-order valence-corrected chi connectivity index (χ3v) is 5.60. The van der Waals surface area contributed by atoms with E-state index in [1.54, 1.807) is 24.3 Å². The normalized spacial score (nSPS) is 17.0. The third-order valence-electron chi connectivity index (χ3n) is 5.60. The molecule has 150 valence electrons. The molecule has 1 atom stereocenters. The zero-order valence-corrected chi connectivity index (χ0v) is 16.4. The van der Waals surface area contributed by atoms with E-state index in [1.165, 1.54) is 16.6 Å². The molecule has 0 saturated carbocycles. The number of aromatic hydroxyl groups is 1. The summed E-state index contributed by atoms with van der Waals surface area (Å²) in [4.78, 5) is 35.0. The van der Waals surface area contributed by atoms with Gasteiger partial charge in [0.15, 0.2) is 5.78 Å². The molecule has 1 unspecified atom stereocenters. The van der Waals surface area contributed by atoms with Crippen molar-refractivity contribution in [1.82, 2.24) is 9.88 Å². The Balaban J connectivity index is 0.000000687. The largest absolute Gasteiger partial charge is 0.507 e. The molecule has 0 radical (unpaired) electrons. The summed E-state index contributed by atoms with van der Waals surface area (Å²) >= 11 is 0. The fourth-order valence-corrected chi connectivity index (χ4v) is 4.37. The van der Waals surface area contributed by atoms with E-state index in [0.717, 1.165) is 24.1 Å². The number of aromatic amines is 1. The molecule has 0 fully saturated rings. The van der Waals surface area contributed by atoms with Gasteiger partial charge in [-0.25, -0.2) is 0 Å². The van der Waals surface area contributed by atoms with Gasteiger partial charge in [0.2, 0.25) is 0 Å². The van der Waals surface area contributed by atoms with Crippen LogP contribution in [0.2, 0.25) is 0 Å². The molecule has 0 aliphatic carbocycles. The van der Waals surface area contributed by atoms with Crippen LogP contribution in [0.3, 0.4) is 0 Å². The summed E-state index contributed by atoms with van der Waals surface area (Å²) in [5.41, 5.74) is 5.85. The zero-order valence-electron chi connectivity index (χ0n) is 16.4. The molecule has 0 saturated heterocycles. The molecular formula is C24H20N2O4. The van der Waals surface area contributed by atoms with Gasteiger partial charge in [0.05, 0.1) is 11.6 Å². The number of fused-ring (bicyclic) bond motifs is 5. The number of benzene rings is 2. The van der Waals surface area contributed by atoms with Crippen molar-refractivity contribution in [2.75, 3.05) is 6.54 Å². The molecule has 2 aromatic carbocycles. The number of phenolic OH excluding ortho intramolecular Hbond substituents is 1. The Labute approximate surface area is 173 Å². The fraction of sp³-hybridized carbons (Fsp3) is 0.167. The Bertz CT molecular complexity index is 1230. The van der Waals surface area contributed by atoms with Gasteiger partial charge in [0.1, 0.15) is 5.75 Å². The highest BCUT2D eigenvalue weighted by atomic mass is 16.3. The molecule has 5 rings (SSSR count). The lowest BCUT2D eigenvalue weighted by molar-refractivity contribution is -0.191. The lowest BCUT2D eigenvalue weighted by Gasteiger charge is -2.38. The average molecular weight is 400 g/mol. The molecule has 0 bridgehead atoms. The van der Waals surface area contributed by atoms with Crippen LogP contribution < -0.4 is 0 Å². The number of allylic oxidation sites excluding steroid dienone is 2. The van der Waals surface area contributed by atoms with Crippen molar-refractivity contribution in [1.29, 1.82) is 0 Å². The number of nitrogens with one attached hydrogen (secondary N) is 1. The molecule has 6 heteroatoms. The van der Waals surface area contributed by atoms with Crippen molar-refractivity contribution in [3.8, 4) is 5.75 Å². The van der Waals surface area contributed by atoms with Crippen LogP contribution in [0.5, 0.6) is 5.75 Å². The smallest absolute Gasteiger partial charge is 0.373 e. The van der Waals surface area contributed by atoms with Crippen molar-refractivity contribution in [3.63, 3.8) is 0 Å². The van der Waals surface area contributed by atoms with Crippen LogP contribution in [0.25, 0.3) is 10.9 Å². The summed E-state index contributed by atoms with van der Waals surface area (Å²) in [5.74, 6) is -0.124. The van der Waals surface area contributed by atoms with E-state index in [2.05, 4.69) is 41.1 Å². The number of hydrogen-bond donors (Lipinski definition) is 2. The quantitative estimate of drug-likeness (QED) is 0.637. The van der Waals surface area contributed by atoms with E-state index in [9.17, 15) is 9.90 Å². The summed E-state index contributed by atoms with van der Waals surface area (Å²) in [5, 5.41) is 11.3. The van der Waals surface area contributed by atoms with Crippen molar-refractivity contribution in [2.24, 2.45) is 0 Å². The van der Waals surface area contributed by atoms with Gasteiger partial charge in [0.25, 0.3) is 0 Å². The molecule has 1 aromatic heterocycles. The Kier molecular flexibility index (Phi) is 5.09. The van der Waals surface area contributed by atoms with Crippen molar-refractivity contribution in [3.05, 3.63) is 88.8 Å². The molecule has 3 heterocycles. The van der Waals surface area contributed by atoms with Gasteiger partial charge in [-0.3, -0.25) is 4.79 Å². The van der Waals surface area contributed by atoms with Crippen LogP contribution in [0.15, 0.2) is 72.0 Å². The van der Waals surface area contributed by atoms with Crippen molar-refractivity contribution in [2.45, 2.75) is 19.4 Å². The molecule has 2 aliphatic heterocycles. The minimum atomic E-state index is -0.145. The van der Waals surface area contributed by atoms with Crippen LogP contribution in [0.4, 0.5) is 0 Å². The summed E-state index contributed by atoms with van der Waals surface area (Å²) < 4.78 is 0. The highest BCUT2D eigenvalue weighted by molar-refractivity contribution is 6.12. The minimum absolute atomic E-state index is 0.0214. The summed E-state index contributed by atoms with van der Waals surface area (Å²) in [7, 11) is 0. The predicted octanol–water partition coefficient (Wildman–Crippen LogP) is 3.92. The molecule has 0 amide bonds. The van der Waals surface area contributed by atoms with E-state index in [0.29, 0.717) is 11.1 Å². The van der Waals surface area contributed by atoms with Crippen LogP contribution in [-0.4, -0.2) is 33.5 Å². The van der Waals surface area contributed by atoms with Gasteiger partial charge < -0.3 is 15.0 Å². The highest BCUT2D eigenvalue weighted by Crippen LogP contribution is 2.41. The molecule has 3 aromatic rings. The van der Waals surface area contributed by atoms with Crippen molar-refractivity contribution < 1.29 is 19.5 Å². The van der Waals surface area contributed by atoms with Gasteiger partial charge in [-0.1, -0.05) is 30.3 Å². The topological polar surface area (TPSA) is 90.5 Å². The van der Waals surface area contributed by atoms with Crippen molar-refractivity contribution >= 4 is 22.8 Å². The zero-order chi connectivity index (χ0) is 21.3. The first-order chi connectivity index (χ1) is 14.5. The number of hydrogen-bond acceptors (Lipinski definition) is 5. The standard InChI is InChI=1S/C23H20N2O2.CO2/c1-14-12-15(23(27)18-7-3-5-9-20(18)26)13-25-11-10-17-16-6-2-4-8-19(16)24-21(17)22(14)25;2-1-3/h2-9,12-13,22,24,26H,10-11H2,1H3;. The second kappa shape index (κ2) is 7.85.